The van der Waals surface area contributed by atoms with E-state index in [9.17, 15) is 19.5 Å². The normalized spacial score (nSPS) is 18.5. The molecule has 1 heterocycles. The predicted molar refractivity (Wildman–Crippen MR) is 87.9 cm³/mol. The number of nitrogens with one attached hydrogen (secondary N) is 1. The lowest BCUT2D eigenvalue weighted by molar-refractivity contribution is -0.142. The fraction of sp³-hybridized carbons (Fsp3) is 0.438. The third-order valence-corrected chi connectivity index (χ3v) is 4.80. The van der Waals surface area contributed by atoms with Gasteiger partial charge in [0.2, 0.25) is 11.8 Å². The summed E-state index contributed by atoms with van der Waals surface area (Å²) < 4.78 is 0. The van der Waals surface area contributed by atoms with Crippen molar-refractivity contribution in [2.75, 3.05) is 18.2 Å². The van der Waals surface area contributed by atoms with E-state index in [1.807, 2.05) is 30.3 Å². The quantitative estimate of drug-likeness (QED) is 0.808. The lowest BCUT2D eigenvalue weighted by Gasteiger charge is -2.22. The summed E-state index contributed by atoms with van der Waals surface area (Å²) in [5.41, 5.74) is 0.913. The fourth-order valence-electron chi connectivity index (χ4n) is 2.46. The van der Waals surface area contributed by atoms with Crippen molar-refractivity contribution in [1.29, 1.82) is 0 Å². The summed E-state index contributed by atoms with van der Waals surface area (Å²) >= 11 is 1.52. The average molecular weight is 336 g/mol. The van der Waals surface area contributed by atoms with Gasteiger partial charge in [-0.3, -0.25) is 14.4 Å². The molecule has 2 rings (SSSR count). The van der Waals surface area contributed by atoms with Crippen LogP contribution in [-0.4, -0.2) is 52.0 Å². The first-order chi connectivity index (χ1) is 11.0. The van der Waals surface area contributed by atoms with Crippen molar-refractivity contribution in [1.82, 2.24) is 10.2 Å². The second-order valence-corrected chi connectivity index (χ2v) is 6.47. The molecule has 23 heavy (non-hydrogen) atoms. The van der Waals surface area contributed by atoms with E-state index in [1.54, 1.807) is 0 Å². The lowest BCUT2D eigenvalue weighted by Crippen LogP contribution is -2.48. The second kappa shape index (κ2) is 8.01. The van der Waals surface area contributed by atoms with E-state index in [0.717, 1.165) is 5.56 Å². The number of hydrogen-bond acceptors (Lipinski definition) is 4. The highest BCUT2D eigenvalue weighted by Gasteiger charge is 2.33. The summed E-state index contributed by atoms with van der Waals surface area (Å²) in [6.07, 6.45) is 0.353. The van der Waals surface area contributed by atoms with Crippen LogP contribution in [0.2, 0.25) is 0 Å². The van der Waals surface area contributed by atoms with Crippen LogP contribution < -0.4 is 5.32 Å². The van der Waals surface area contributed by atoms with Crippen molar-refractivity contribution in [2.45, 2.75) is 19.4 Å². The van der Waals surface area contributed by atoms with Gasteiger partial charge in [0.25, 0.3) is 0 Å². The SMILES string of the molecule is CC(=O)N1CSC[C@H]1C(=O)NC[C@@H](Cc1ccccc1)C(=O)O. The molecule has 2 N–H and O–H groups in total. The first-order valence-electron chi connectivity index (χ1n) is 7.38. The number of carbonyl (C=O) groups is 3. The van der Waals surface area contributed by atoms with Gasteiger partial charge >= 0.3 is 5.97 Å². The van der Waals surface area contributed by atoms with E-state index in [4.69, 9.17) is 0 Å². The van der Waals surface area contributed by atoms with E-state index in [2.05, 4.69) is 5.32 Å². The Morgan fingerprint density at radius 2 is 2.04 bits per heavy atom. The van der Waals surface area contributed by atoms with E-state index >= 15 is 0 Å². The zero-order valence-electron chi connectivity index (χ0n) is 12.9. The van der Waals surface area contributed by atoms with Gasteiger partial charge in [-0.25, -0.2) is 0 Å². The highest BCUT2D eigenvalue weighted by Crippen LogP contribution is 2.21. The van der Waals surface area contributed by atoms with Gasteiger partial charge < -0.3 is 15.3 Å². The van der Waals surface area contributed by atoms with Crippen LogP contribution in [0.3, 0.4) is 0 Å². The van der Waals surface area contributed by atoms with Gasteiger partial charge in [0.15, 0.2) is 0 Å². The smallest absolute Gasteiger partial charge is 0.308 e. The minimum atomic E-state index is -0.946. The van der Waals surface area contributed by atoms with Gasteiger partial charge in [-0.05, 0) is 12.0 Å². The molecule has 1 fully saturated rings. The van der Waals surface area contributed by atoms with Crippen molar-refractivity contribution in [3.8, 4) is 0 Å². The Bertz CT molecular complexity index is 579. The maximum absolute atomic E-state index is 12.2. The van der Waals surface area contributed by atoms with Gasteiger partial charge in [-0.1, -0.05) is 30.3 Å². The molecule has 0 aliphatic carbocycles. The Labute approximate surface area is 139 Å². The number of carbonyl (C=O) groups excluding carboxylic acids is 2. The van der Waals surface area contributed by atoms with Crippen molar-refractivity contribution >= 4 is 29.5 Å². The molecular weight excluding hydrogens is 316 g/mol. The minimum absolute atomic E-state index is 0.0516. The number of hydrogen-bond donors (Lipinski definition) is 2. The largest absolute Gasteiger partial charge is 0.481 e. The van der Waals surface area contributed by atoms with Crippen molar-refractivity contribution in [3.63, 3.8) is 0 Å². The van der Waals surface area contributed by atoms with Gasteiger partial charge in [0, 0.05) is 19.2 Å². The molecule has 1 aromatic carbocycles. The second-order valence-electron chi connectivity index (χ2n) is 5.47. The average Bonchev–Trinajstić information content (AvgIpc) is 3.01. The molecule has 1 aliphatic rings. The molecule has 0 saturated carbocycles. The molecule has 0 radical (unpaired) electrons. The van der Waals surface area contributed by atoms with E-state index < -0.39 is 17.9 Å². The van der Waals surface area contributed by atoms with E-state index in [0.29, 0.717) is 18.1 Å². The Kier molecular flexibility index (Phi) is 6.04. The van der Waals surface area contributed by atoms with Crippen LogP contribution in [0, 0.1) is 5.92 Å². The van der Waals surface area contributed by atoms with Gasteiger partial charge in [0.05, 0.1) is 11.8 Å². The summed E-state index contributed by atoms with van der Waals surface area (Å²) in [6, 6.07) is 8.80. The van der Waals surface area contributed by atoms with Crippen molar-refractivity contribution in [2.24, 2.45) is 5.92 Å². The molecule has 0 bridgehead atoms. The highest BCUT2D eigenvalue weighted by molar-refractivity contribution is 7.99. The molecule has 6 nitrogen and oxygen atoms in total. The Hall–Kier alpha value is -2.02. The molecular formula is C16H20N2O4S. The third-order valence-electron chi connectivity index (χ3n) is 3.79. The third kappa shape index (κ3) is 4.72. The van der Waals surface area contributed by atoms with Gasteiger partial charge in [-0.2, -0.15) is 0 Å². The Morgan fingerprint density at radius 3 is 2.65 bits per heavy atom. The summed E-state index contributed by atoms with van der Waals surface area (Å²) in [4.78, 5) is 36.6. The van der Waals surface area contributed by atoms with Crippen LogP contribution in [-0.2, 0) is 20.8 Å². The van der Waals surface area contributed by atoms with Crippen LogP contribution in [0.4, 0.5) is 0 Å². The van der Waals surface area contributed by atoms with Crippen LogP contribution >= 0.6 is 11.8 Å². The zero-order valence-corrected chi connectivity index (χ0v) is 13.7. The van der Waals surface area contributed by atoms with Crippen LogP contribution in [0.15, 0.2) is 30.3 Å². The standard InChI is InChI=1S/C16H20N2O4S/c1-11(19)18-10-23-9-14(18)15(20)17-8-13(16(21)22)7-12-5-3-2-4-6-12/h2-6,13-14H,7-10H2,1H3,(H,17,20)(H,21,22)/t13-,14+/m1/s1. The van der Waals surface area contributed by atoms with Crippen LogP contribution in [0.1, 0.15) is 12.5 Å². The van der Waals surface area contributed by atoms with Crippen LogP contribution in [0.5, 0.6) is 0 Å². The molecule has 7 heteroatoms. The maximum atomic E-state index is 12.2. The molecule has 2 atom stereocenters. The number of nitrogens with zero attached hydrogens (tertiary/aromatic N) is 1. The summed E-state index contributed by atoms with van der Waals surface area (Å²) in [5.74, 6) is -1.03. The van der Waals surface area contributed by atoms with Crippen molar-refractivity contribution in [3.05, 3.63) is 35.9 Å². The molecule has 0 aromatic heterocycles. The topological polar surface area (TPSA) is 86.7 Å². The number of aliphatic carboxylic acids is 1. The van der Waals surface area contributed by atoms with E-state index in [1.165, 1.54) is 23.6 Å². The first-order valence-corrected chi connectivity index (χ1v) is 8.54. The number of thioether (sulfide) groups is 1. The zero-order chi connectivity index (χ0) is 16.8. The summed E-state index contributed by atoms with van der Waals surface area (Å²) in [7, 11) is 0. The summed E-state index contributed by atoms with van der Waals surface area (Å²) in [5, 5.41) is 12.0. The maximum Gasteiger partial charge on any atom is 0.308 e. The molecule has 124 valence electrons. The lowest BCUT2D eigenvalue weighted by atomic mass is 9.99. The minimum Gasteiger partial charge on any atom is -0.481 e. The molecule has 0 spiro atoms. The number of rotatable bonds is 6. The first kappa shape index (κ1) is 17.3. The van der Waals surface area contributed by atoms with Crippen molar-refractivity contribution < 1.29 is 19.5 Å². The highest BCUT2D eigenvalue weighted by atomic mass is 32.2. The molecule has 1 saturated heterocycles. The number of carboxylic acids is 1. The number of carboxylic acid groups (broad SMARTS) is 1. The number of amides is 2. The van der Waals surface area contributed by atoms with Gasteiger partial charge in [0.1, 0.15) is 6.04 Å². The molecule has 1 aromatic rings. The molecule has 1 aliphatic heterocycles. The molecule has 2 amide bonds. The van der Waals surface area contributed by atoms with E-state index in [-0.39, 0.29) is 18.4 Å². The Balaban J connectivity index is 1.92. The monoisotopic (exact) mass is 336 g/mol. The fourth-order valence-corrected chi connectivity index (χ4v) is 3.68. The van der Waals surface area contributed by atoms with Gasteiger partial charge in [-0.15, -0.1) is 11.8 Å². The summed E-state index contributed by atoms with van der Waals surface area (Å²) in [6.45, 7) is 1.48. The Morgan fingerprint density at radius 1 is 1.35 bits per heavy atom. The molecule has 0 unspecified atom stereocenters. The number of benzene rings is 1. The predicted octanol–water partition coefficient (Wildman–Crippen LogP) is 0.967. The van der Waals surface area contributed by atoms with Crippen LogP contribution in [0.25, 0.3) is 0 Å².